The van der Waals surface area contributed by atoms with Crippen molar-refractivity contribution in [2.75, 3.05) is 7.05 Å². The number of hydrogen-bond acceptors (Lipinski definition) is 2. The van der Waals surface area contributed by atoms with Gasteiger partial charge in [0.25, 0.3) is 0 Å². The highest BCUT2D eigenvalue weighted by atomic mass is 32.1. The van der Waals surface area contributed by atoms with Crippen LogP contribution in [0.15, 0.2) is 11.4 Å². The number of nitrogens with one attached hydrogen (secondary N) is 1. The predicted molar refractivity (Wildman–Crippen MR) is 76.6 cm³/mol. The van der Waals surface area contributed by atoms with Gasteiger partial charge in [0.15, 0.2) is 0 Å². The first-order valence-electron chi connectivity index (χ1n) is 6.97. The molecule has 0 bridgehead atoms. The van der Waals surface area contributed by atoms with Crippen LogP contribution in [0, 0.1) is 18.8 Å². The SMILES string of the molecule is CCC1CCC(C(NC)c2ccsc2C)CC1. The first kappa shape index (κ1) is 13.1. The van der Waals surface area contributed by atoms with Gasteiger partial charge in [0.05, 0.1) is 0 Å². The Balaban J connectivity index is 2.03. The molecule has 0 spiro atoms. The van der Waals surface area contributed by atoms with Crippen LogP contribution in [0.2, 0.25) is 0 Å². The molecule has 1 saturated carbocycles. The maximum Gasteiger partial charge on any atom is 0.0357 e. The third-order valence-electron chi connectivity index (χ3n) is 4.49. The van der Waals surface area contributed by atoms with Crippen LogP contribution >= 0.6 is 11.3 Å². The van der Waals surface area contributed by atoms with Gasteiger partial charge in [0.2, 0.25) is 0 Å². The molecule has 1 nitrogen and oxygen atoms in total. The molecule has 1 aliphatic carbocycles. The summed E-state index contributed by atoms with van der Waals surface area (Å²) in [6.07, 6.45) is 7.04. The number of rotatable bonds is 4. The van der Waals surface area contributed by atoms with Gasteiger partial charge < -0.3 is 5.32 Å². The third-order valence-corrected chi connectivity index (χ3v) is 5.35. The highest BCUT2D eigenvalue weighted by molar-refractivity contribution is 7.10. The van der Waals surface area contributed by atoms with E-state index in [4.69, 9.17) is 0 Å². The molecule has 0 aromatic carbocycles. The fourth-order valence-electron chi connectivity index (χ4n) is 3.29. The van der Waals surface area contributed by atoms with Crippen molar-refractivity contribution in [1.82, 2.24) is 5.32 Å². The second-order valence-electron chi connectivity index (χ2n) is 5.39. The maximum absolute atomic E-state index is 3.55. The fourth-order valence-corrected chi connectivity index (χ4v) is 4.04. The summed E-state index contributed by atoms with van der Waals surface area (Å²) in [4.78, 5) is 1.49. The van der Waals surface area contributed by atoms with E-state index in [0.29, 0.717) is 6.04 Å². The molecule has 2 heteroatoms. The van der Waals surface area contributed by atoms with Gasteiger partial charge in [-0.25, -0.2) is 0 Å². The Kier molecular flexibility index (Phi) is 4.63. The smallest absolute Gasteiger partial charge is 0.0357 e. The van der Waals surface area contributed by atoms with Crippen molar-refractivity contribution < 1.29 is 0 Å². The number of thiophene rings is 1. The van der Waals surface area contributed by atoms with E-state index in [1.165, 1.54) is 42.5 Å². The van der Waals surface area contributed by atoms with Crippen LogP contribution in [0.1, 0.15) is 55.5 Å². The van der Waals surface area contributed by atoms with E-state index in [9.17, 15) is 0 Å². The monoisotopic (exact) mass is 251 g/mol. The number of hydrogen-bond donors (Lipinski definition) is 1. The van der Waals surface area contributed by atoms with Crippen LogP contribution in [-0.2, 0) is 0 Å². The Morgan fingerprint density at radius 1 is 1.35 bits per heavy atom. The number of aryl methyl sites for hydroxylation is 1. The average Bonchev–Trinajstić information content (AvgIpc) is 2.78. The van der Waals surface area contributed by atoms with Crippen LogP contribution in [0.4, 0.5) is 0 Å². The summed E-state index contributed by atoms with van der Waals surface area (Å²) in [6.45, 7) is 4.59. The summed E-state index contributed by atoms with van der Waals surface area (Å²) in [5.41, 5.74) is 1.54. The van der Waals surface area contributed by atoms with Crippen molar-refractivity contribution in [3.8, 4) is 0 Å². The minimum Gasteiger partial charge on any atom is -0.313 e. The van der Waals surface area contributed by atoms with Crippen molar-refractivity contribution >= 4 is 11.3 Å². The van der Waals surface area contributed by atoms with Crippen molar-refractivity contribution in [2.24, 2.45) is 11.8 Å². The molecule has 1 aliphatic rings. The van der Waals surface area contributed by atoms with Gasteiger partial charge >= 0.3 is 0 Å². The van der Waals surface area contributed by atoms with Crippen molar-refractivity contribution in [3.05, 3.63) is 21.9 Å². The highest BCUT2D eigenvalue weighted by Gasteiger charge is 2.28. The summed E-state index contributed by atoms with van der Waals surface area (Å²) in [6, 6.07) is 2.90. The zero-order valence-electron chi connectivity index (χ0n) is 11.3. The molecule has 17 heavy (non-hydrogen) atoms. The van der Waals surface area contributed by atoms with E-state index in [2.05, 4.69) is 37.7 Å². The van der Waals surface area contributed by atoms with E-state index >= 15 is 0 Å². The van der Waals surface area contributed by atoms with E-state index in [0.717, 1.165) is 11.8 Å². The summed E-state index contributed by atoms with van der Waals surface area (Å²) in [7, 11) is 2.12. The van der Waals surface area contributed by atoms with Crippen LogP contribution in [0.5, 0.6) is 0 Å². The lowest BCUT2D eigenvalue weighted by molar-refractivity contribution is 0.224. The van der Waals surface area contributed by atoms with Crippen molar-refractivity contribution in [2.45, 2.75) is 52.0 Å². The van der Waals surface area contributed by atoms with Crippen LogP contribution in [0.25, 0.3) is 0 Å². The Hall–Kier alpha value is -0.340. The highest BCUT2D eigenvalue weighted by Crippen LogP contribution is 2.39. The molecule has 0 aliphatic heterocycles. The molecule has 1 atom stereocenters. The Bertz CT molecular complexity index is 336. The lowest BCUT2D eigenvalue weighted by Crippen LogP contribution is -2.28. The van der Waals surface area contributed by atoms with Gasteiger partial charge in [-0.15, -0.1) is 11.3 Å². The first-order valence-corrected chi connectivity index (χ1v) is 7.85. The second-order valence-corrected chi connectivity index (χ2v) is 6.51. The van der Waals surface area contributed by atoms with Crippen LogP contribution in [0.3, 0.4) is 0 Å². The van der Waals surface area contributed by atoms with E-state index in [-0.39, 0.29) is 0 Å². The minimum atomic E-state index is 0.582. The van der Waals surface area contributed by atoms with Gasteiger partial charge in [-0.3, -0.25) is 0 Å². The molecule has 1 N–H and O–H groups in total. The normalized spacial score (nSPS) is 27.0. The summed E-state index contributed by atoms with van der Waals surface area (Å²) in [5, 5.41) is 5.78. The summed E-state index contributed by atoms with van der Waals surface area (Å²) in [5.74, 6) is 1.84. The molecule has 0 amide bonds. The lowest BCUT2D eigenvalue weighted by atomic mass is 9.76. The molecule has 1 fully saturated rings. The lowest BCUT2D eigenvalue weighted by Gasteiger charge is -2.33. The summed E-state index contributed by atoms with van der Waals surface area (Å²) >= 11 is 1.88. The van der Waals surface area contributed by atoms with Gasteiger partial charge in [0.1, 0.15) is 0 Å². The molecule has 1 aromatic heterocycles. The third kappa shape index (κ3) is 2.92. The van der Waals surface area contributed by atoms with Crippen molar-refractivity contribution in [1.29, 1.82) is 0 Å². The zero-order chi connectivity index (χ0) is 12.3. The Labute approximate surface area is 110 Å². The average molecular weight is 251 g/mol. The molecular formula is C15H25NS. The molecule has 1 unspecified atom stereocenters. The van der Waals surface area contributed by atoms with Crippen LogP contribution < -0.4 is 5.32 Å². The standard InChI is InChI=1S/C15H25NS/c1-4-12-5-7-13(8-6-12)15(16-3)14-9-10-17-11(14)2/h9-10,12-13,15-16H,4-8H2,1-3H3. The minimum absolute atomic E-state index is 0.582. The predicted octanol–water partition coefficient (Wildman–Crippen LogP) is 4.53. The zero-order valence-corrected chi connectivity index (χ0v) is 12.1. The second kappa shape index (κ2) is 6.01. The maximum atomic E-state index is 3.55. The summed E-state index contributed by atoms with van der Waals surface area (Å²) < 4.78 is 0. The molecule has 2 rings (SSSR count). The fraction of sp³-hybridized carbons (Fsp3) is 0.733. The molecule has 1 heterocycles. The Morgan fingerprint density at radius 2 is 2.06 bits per heavy atom. The van der Waals surface area contributed by atoms with E-state index in [1.54, 1.807) is 0 Å². The first-order chi connectivity index (χ1) is 8.26. The van der Waals surface area contributed by atoms with Crippen LogP contribution in [-0.4, -0.2) is 7.05 Å². The van der Waals surface area contributed by atoms with Gasteiger partial charge in [0, 0.05) is 10.9 Å². The van der Waals surface area contributed by atoms with E-state index < -0.39 is 0 Å². The van der Waals surface area contributed by atoms with Gasteiger partial charge in [-0.1, -0.05) is 26.2 Å². The van der Waals surface area contributed by atoms with E-state index in [1.807, 2.05) is 11.3 Å². The molecule has 0 saturated heterocycles. The molecule has 0 radical (unpaired) electrons. The van der Waals surface area contributed by atoms with Crippen molar-refractivity contribution in [3.63, 3.8) is 0 Å². The van der Waals surface area contributed by atoms with Gasteiger partial charge in [-0.05, 0) is 55.7 Å². The molecular weight excluding hydrogens is 226 g/mol. The van der Waals surface area contributed by atoms with Gasteiger partial charge in [-0.2, -0.15) is 0 Å². The molecule has 1 aromatic rings. The molecule has 96 valence electrons. The Morgan fingerprint density at radius 3 is 2.53 bits per heavy atom. The largest absolute Gasteiger partial charge is 0.313 e. The topological polar surface area (TPSA) is 12.0 Å². The quantitative estimate of drug-likeness (QED) is 0.829.